The summed E-state index contributed by atoms with van der Waals surface area (Å²) >= 11 is 3.25. The normalized spacial score (nSPS) is 10.5. The zero-order chi connectivity index (χ0) is 16.4. The van der Waals surface area contributed by atoms with E-state index in [1.807, 2.05) is 0 Å². The molecule has 114 valence electrons. The molecule has 3 rings (SSSR count). The summed E-state index contributed by atoms with van der Waals surface area (Å²) in [6.07, 6.45) is 4.57. The van der Waals surface area contributed by atoms with Gasteiger partial charge >= 0.3 is 0 Å². The molecule has 0 spiro atoms. The number of aliphatic imine (C=N–C) groups is 1. The Labute approximate surface area is 140 Å². The molecule has 0 bridgehead atoms. The number of nitrogens with one attached hydrogen (secondary N) is 1. The molecule has 0 amide bonds. The average molecular weight is 372 g/mol. The molecule has 0 aliphatic heterocycles. The molecular formula is C16H11BrFN5. The summed E-state index contributed by atoms with van der Waals surface area (Å²) in [6, 6.07) is 4.88. The summed E-state index contributed by atoms with van der Waals surface area (Å²) in [7, 11) is 0. The van der Waals surface area contributed by atoms with E-state index in [-0.39, 0.29) is 0 Å². The van der Waals surface area contributed by atoms with E-state index in [1.165, 1.54) is 12.4 Å². The van der Waals surface area contributed by atoms with Gasteiger partial charge in [-0.2, -0.15) is 0 Å². The van der Waals surface area contributed by atoms with Crippen molar-refractivity contribution < 1.29 is 4.39 Å². The van der Waals surface area contributed by atoms with Crippen LogP contribution in [0.3, 0.4) is 0 Å². The van der Waals surface area contributed by atoms with Crippen molar-refractivity contribution >= 4 is 56.9 Å². The second kappa shape index (κ2) is 6.21. The molecule has 5 nitrogen and oxygen atoms in total. The van der Waals surface area contributed by atoms with Crippen molar-refractivity contribution in [1.29, 1.82) is 0 Å². The van der Waals surface area contributed by atoms with Gasteiger partial charge in [0.2, 0.25) is 0 Å². The maximum Gasteiger partial charge on any atom is 0.158 e. The molecule has 1 N–H and O–H groups in total. The molecule has 0 saturated heterocycles. The van der Waals surface area contributed by atoms with Gasteiger partial charge in [-0.25, -0.2) is 24.3 Å². The van der Waals surface area contributed by atoms with E-state index in [0.29, 0.717) is 38.3 Å². The number of halogens is 2. The van der Waals surface area contributed by atoms with Crippen LogP contribution in [-0.2, 0) is 0 Å². The Kier molecular flexibility index (Phi) is 4.12. The molecule has 23 heavy (non-hydrogen) atoms. The predicted octanol–water partition coefficient (Wildman–Crippen LogP) is 4.65. The van der Waals surface area contributed by atoms with Crippen LogP contribution in [-0.4, -0.2) is 21.7 Å². The largest absolute Gasteiger partial charge is 0.338 e. The zero-order valence-electron chi connectivity index (χ0n) is 11.9. The number of anilines is 2. The molecule has 0 radical (unpaired) electrons. The zero-order valence-corrected chi connectivity index (χ0v) is 13.5. The fraction of sp³-hybridized carbons (Fsp3) is 0. The first-order valence-electron chi connectivity index (χ1n) is 6.58. The lowest BCUT2D eigenvalue weighted by Crippen LogP contribution is -1.99. The fourth-order valence-corrected chi connectivity index (χ4v) is 2.58. The van der Waals surface area contributed by atoms with E-state index in [9.17, 15) is 4.39 Å². The Morgan fingerprint density at radius 3 is 2.78 bits per heavy atom. The van der Waals surface area contributed by atoms with Crippen LogP contribution in [0.15, 0.2) is 46.8 Å². The highest BCUT2D eigenvalue weighted by molar-refractivity contribution is 9.10. The van der Waals surface area contributed by atoms with Crippen molar-refractivity contribution in [1.82, 2.24) is 15.0 Å². The summed E-state index contributed by atoms with van der Waals surface area (Å²) in [5.74, 6) is 0.420. The quantitative estimate of drug-likeness (QED) is 0.678. The molecule has 7 heteroatoms. The van der Waals surface area contributed by atoms with Gasteiger partial charge in [-0.1, -0.05) is 28.6 Å². The molecule has 0 fully saturated rings. The van der Waals surface area contributed by atoms with Gasteiger partial charge in [-0.05, 0) is 24.9 Å². The van der Waals surface area contributed by atoms with Crippen LogP contribution in [0.4, 0.5) is 21.7 Å². The lowest BCUT2D eigenvalue weighted by Gasteiger charge is -2.10. The van der Waals surface area contributed by atoms with E-state index in [1.54, 1.807) is 24.4 Å². The molecule has 0 aliphatic carbocycles. The number of benzene rings is 1. The third-order valence-corrected chi connectivity index (χ3v) is 3.64. The molecule has 0 aliphatic rings. The van der Waals surface area contributed by atoms with Crippen LogP contribution in [0.25, 0.3) is 17.0 Å². The molecule has 1 aromatic carbocycles. The molecule has 0 unspecified atom stereocenters. The smallest absolute Gasteiger partial charge is 0.158 e. The number of pyridine rings is 1. The minimum Gasteiger partial charge on any atom is -0.338 e. The van der Waals surface area contributed by atoms with Crippen molar-refractivity contribution in [2.75, 3.05) is 5.32 Å². The molecule has 0 saturated carbocycles. The van der Waals surface area contributed by atoms with Crippen molar-refractivity contribution in [3.8, 4) is 0 Å². The summed E-state index contributed by atoms with van der Waals surface area (Å²) in [4.78, 5) is 16.2. The molecule has 0 atom stereocenters. The van der Waals surface area contributed by atoms with Crippen molar-refractivity contribution in [3.05, 3.63) is 53.2 Å². The van der Waals surface area contributed by atoms with Crippen molar-refractivity contribution in [2.45, 2.75) is 0 Å². The minimum absolute atomic E-state index is 0.307. The molecule has 3 aromatic rings. The second-order valence-corrected chi connectivity index (χ2v) is 5.54. The molecule has 2 aromatic heterocycles. The third kappa shape index (κ3) is 2.95. The van der Waals surface area contributed by atoms with Crippen molar-refractivity contribution in [3.63, 3.8) is 0 Å². The number of hydrogen-bond acceptors (Lipinski definition) is 5. The van der Waals surface area contributed by atoms with E-state index < -0.39 is 5.82 Å². The maximum atomic E-state index is 14.3. The number of fused-ring (bicyclic) bond motifs is 1. The van der Waals surface area contributed by atoms with Gasteiger partial charge in [0.15, 0.2) is 5.82 Å². The average Bonchev–Trinajstić information content (AvgIpc) is 2.54. The summed E-state index contributed by atoms with van der Waals surface area (Å²) in [6.45, 7) is 7.17. The van der Waals surface area contributed by atoms with Crippen LogP contribution >= 0.6 is 15.9 Å². The van der Waals surface area contributed by atoms with Crippen molar-refractivity contribution in [2.24, 2.45) is 4.99 Å². The lowest BCUT2D eigenvalue weighted by atomic mass is 10.2. The number of hydrogen-bond donors (Lipinski definition) is 1. The van der Waals surface area contributed by atoms with Gasteiger partial charge in [0.1, 0.15) is 18.0 Å². The Morgan fingerprint density at radius 2 is 2.04 bits per heavy atom. The van der Waals surface area contributed by atoms with Crippen LogP contribution < -0.4 is 5.32 Å². The lowest BCUT2D eigenvalue weighted by molar-refractivity contribution is 0.638. The topological polar surface area (TPSA) is 63.1 Å². The monoisotopic (exact) mass is 371 g/mol. The summed E-state index contributed by atoms with van der Waals surface area (Å²) in [5.41, 5.74) is 1.84. The summed E-state index contributed by atoms with van der Waals surface area (Å²) in [5, 5.41) is 3.36. The van der Waals surface area contributed by atoms with Gasteiger partial charge in [0.25, 0.3) is 0 Å². The van der Waals surface area contributed by atoms with Crippen LogP contribution in [0.2, 0.25) is 0 Å². The van der Waals surface area contributed by atoms with Gasteiger partial charge in [0, 0.05) is 10.0 Å². The van der Waals surface area contributed by atoms with Crippen LogP contribution in [0.1, 0.15) is 5.56 Å². The van der Waals surface area contributed by atoms with Gasteiger partial charge < -0.3 is 5.32 Å². The fourth-order valence-electron chi connectivity index (χ4n) is 2.17. The van der Waals surface area contributed by atoms with Gasteiger partial charge in [0.05, 0.1) is 22.8 Å². The third-order valence-electron chi connectivity index (χ3n) is 3.18. The van der Waals surface area contributed by atoms with Crippen LogP contribution in [0, 0.1) is 5.82 Å². The Hall–Kier alpha value is -2.67. The first-order valence-corrected chi connectivity index (χ1v) is 7.37. The predicted molar refractivity (Wildman–Crippen MR) is 94.0 cm³/mol. The highest BCUT2D eigenvalue weighted by Crippen LogP contribution is 2.29. The first-order chi connectivity index (χ1) is 11.1. The number of nitrogens with zero attached hydrogens (tertiary/aromatic N) is 4. The van der Waals surface area contributed by atoms with E-state index in [2.05, 4.69) is 54.5 Å². The first kappa shape index (κ1) is 15.2. The number of rotatable bonds is 4. The molecule has 2 heterocycles. The highest BCUT2D eigenvalue weighted by atomic mass is 79.9. The highest BCUT2D eigenvalue weighted by Gasteiger charge is 2.11. The van der Waals surface area contributed by atoms with Crippen LogP contribution in [0.5, 0.6) is 0 Å². The Morgan fingerprint density at radius 1 is 1.22 bits per heavy atom. The minimum atomic E-state index is -0.418. The van der Waals surface area contributed by atoms with E-state index >= 15 is 0 Å². The van der Waals surface area contributed by atoms with E-state index in [4.69, 9.17) is 0 Å². The SMILES string of the molecule is C=Cc1cc(Nc2ncnc3cc(Br)cc(F)c23)cnc1N=C. The van der Waals surface area contributed by atoms with E-state index in [0.717, 1.165) is 0 Å². The number of aromatic nitrogens is 3. The van der Waals surface area contributed by atoms with Gasteiger partial charge in [-0.15, -0.1) is 0 Å². The molecular weight excluding hydrogens is 361 g/mol. The second-order valence-electron chi connectivity index (χ2n) is 4.63. The Balaban J connectivity index is 2.09. The maximum absolute atomic E-state index is 14.3. The van der Waals surface area contributed by atoms with Gasteiger partial charge in [-0.3, -0.25) is 0 Å². The standard InChI is InChI=1S/C16H11BrFN5/c1-3-9-4-11(7-20-15(9)19-2)23-16-14-12(18)5-10(17)6-13(14)21-8-22-16/h3-8H,1-2H2,(H,21,22,23). The Bertz CT molecular complexity index is 926. The summed E-state index contributed by atoms with van der Waals surface area (Å²) < 4.78 is 14.9.